The number of amides is 1. The second-order valence-corrected chi connectivity index (χ2v) is 11.3. The Morgan fingerprint density at radius 3 is 2.46 bits per heavy atom. The molecule has 5 aromatic rings. The second kappa shape index (κ2) is 12.5. The minimum atomic E-state index is -4.65. The van der Waals surface area contributed by atoms with Gasteiger partial charge in [-0.3, -0.25) is 4.57 Å². The molecule has 1 amide bonds. The minimum Gasteiger partial charge on any atom is -0.442 e. The molecule has 0 aliphatic carbocycles. The summed E-state index contributed by atoms with van der Waals surface area (Å²) in [4.78, 5) is 37.9. The predicted octanol–water partition coefficient (Wildman–Crippen LogP) is 6.37. The van der Waals surface area contributed by atoms with Gasteiger partial charge in [-0.25, -0.2) is 28.7 Å². The summed E-state index contributed by atoms with van der Waals surface area (Å²) in [6, 6.07) is 10.9. The number of carbonyl (C=O) groups is 1. The third kappa shape index (κ3) is 6.22. The molecule has 0 aliphatic rings. The highest BCUT2D eigenvalue weighted by Crippen LogP contribution is 2.32. The average Bonchev–Trinajstić information content (AvgIpc) is 3.73. The van der Waals surface area contributed by atoms with Crippen LogP contribution in [0.25, 0.3) is 27.6 Å². The zero-order valence-corrected chi connectivity index (χ0v) is 25.7. The molecule has 0 aliphatic heterocycles. The number of oxazole rings is 1. The Kier molecular flexibility index (Phi) is 8.71. The highest BCUT2D eigenvalue weighted by Gasteiger charge is 2.33. The minimum absolute atomic E-state index is 0.0703. The fraction of sp³-hybridized carbons (Fsp3) is 0.281. The molecule has 0 saturated carbocycles. The standard InChI is InChI=1S/C32H31F3N8O3/c1-19(2)27(29-37-17-25(46-29)18-40(5)6)39-30(44)42-28(26-14-15-38-43(26)23-12-10-22(36-4)11-13-23)20(3)41(31(42)45)24-9-7-8-21(16-24)32(33,34)35/h7-17,19,27H,18H2,1-3,5-6H3,(H,39,44)/t27-/m0/s1. The normalized spacial score (nSPS) is 12.5. The van der Waals surface area contributed by atoms with Crippen LogP contribution in [-0.2, 0) is 12.7 Å². The number of halogens is 3. The van der Waals surface area contributed by atoms with E-state index in [0.717, 1.165) is 21.3 Å². The molecule has 2 aromatic carbocycles. The number of carbonyl (C=O) groups excluding carboxylic acids is 1. The molecule has 1 N–H and O–H groups in total. The Labute approximate surface area is 262 Å². The summed E-state index contributed by atoms with van der Waals surface area (Å²) in [5.74, 6) is 0.610. The number of nitrogens with zero attached hydrogens (tertiary/aromatic N) is 7. The van der Waals surface area contributed by atoms with E-state index < -0.39 is 29.5 Å². The Balaban J connectivity index is 1.68. The molecule has 0 bridgehead atoms. The van der Waals surface area contributed by atoms with Gasteiger partial charge in [0.1, 0.15) is 17.5 Å². The van der Waals surface area contributed by atoms with Crippen LogP contribution in [0.2, 0.25) is 0 Å². The van der Waals surface area contributed by atoms with Crippen LogP contribution in [0.3, 0.4) is 0 Å². The maximum atomic E-state index is 14.1. The first kappa shape index (κ1) is 32.0. The smallest absolute Gasteiger partial charge is 0.416 e. The lowest BCUT2D eigenvalue weighted by Gasteiger charge is -2.20. The first-order chi connectivity index (χ1) is 21.8. The topological polar surface area (TPSA) is 107 Å². The van der Waals surface area contributed by atoms with Crippen molar-refractivity contribution in [2.75, 3.05) is 14.1 Å². The Morgan fingerprint density at radius 2 is 1.83 bits per heavy atom. The molecule has 46 heavy (non-hydrogen) atoms. The number of alkyl halides is 3. The molecule has 3 aromatic heterocycles. The Hall–Kier alpha value is -5.42. The van der Waals surface area contributed by atoms with Crippen molar-refractivity contribution in [1.82, 2.24) is 34.1 Å². The highest BCUT2D eigenvalue weighted by molar-refractivity contribution is 5.83. The molecule has 5 rings (SSSR count). The van der Waals surface area contributed by atoms with E-state index in [9.17, 15) is 22.8 Å². The van der Waals surface area contributed by atoms with E-state index in [1.807, 2.05) is 32.8 Å². The van der Waals surface area contributed by atoms with Gasteiger partial charge >= 0.3 is 17.9 Å². The zero-order chi connectivity index (χ0) is 33.3. The molecule has 0 radical (unpaired) electrons. The molecular weight excluding hydrogens is 601 g/mol. The van der Waals surface area contributed by atoms with Crippen molar-refractivity contribution in [2.24, 2.45) is 5.92 Å². The van der Waals surface area contributed by atoms with Crippen LogP contribution >= 0.6 is 0 Å². The van der Waals surface area contributed by atoms with Crippen molar-refractivity contribution in [1.29, 1.82) is 0 Å². The van der Waals surface area contributed by atoms with Gasteiger partial charge in [0, 0.05) is 0 Å². The van der Waals surface area contributed by atoms with Gasteiger partial charge in [0.05, 0.1) is 53.8 Å². The number of imidazole rings is 1. The Bertz CT molecular complexity index is 1970. The summed E-state index contributed by atoms with van der Waals surface area (Å²) in [5.41, 5.74) is -0.345. The number of aromatic nitrogens is 5. The number of benzene rings is 2. The van der Waals surface area contributed by atoms with Crippen molar-refractivity contribution in [3.05, 3.63) is 112 Å². The average molecular weight is 633 g/mol. The van der Waals surface area contributed by atoms with E-state index in [-0.39, 0.29) is 28.9 Å². The molecule has 3 heterocycles. The van der Waals surface area contributed by atoms with Crippen molar-refractivity contribution >= 4 is 11.7 Å². The molecular formula is C32H31F3N8O3. The van der Waals surface area contributed by atoms with E-state index in [0.29, 0.717) is 29.4 Å². The van der Waals surface area contributed by atoms with Crippen LogP contribution in [0.4, 0.5) is 23.7 Å². The summed E-state index contributed by atoms with van der Waals surface area (Å²) in [6.45, 7) is 13.0. The third-order valence-electron chi connectivity index (χ3n) is 7.28. The van der Waals surface area contributed by atoms with Crippen LogP contribution in [0, 0.1) is 19.4 Å². The third-order valence-corrected chi connectivity index (χ3v) is 7.28. The lowest BCUT2D eigenvalue weighted by atomic mass is 10.0. The van der Waals surface area contributed by atoms with Gasteiger partial charge in [-0.2, -0.15) is 18.3 Å². The van der Waals surface area contributed by atoms with Gasteiger partial charge in [-0.05, 0) is 63.3 Å². The monoisotopic (exact) mass is 632 g/mol. The van der Waals surface area contributed by atoms with Gasteiger partial charge in [0.25, 0.3) is 0 Å². The van der Waals surface area contributed by atoms with Crippen molar-refractivity contribution < 1.29 is 22.4 Å². The number of hydrogen-bond acceptors (Lipinski definition) is 6. The maximum Gasteiger partial charge on any atom is 0.416 e. The summed E-state index contributed by atoms with van der Waals surface area (Å²) >= 11 is 0. The highest BCUT2D eigenvalue weighted by atomic mass is 19.4. The molecule has 14 heteroatoms. The predicted molar refractivity (Wildman–Crippen MR) is 164 cm³/mol. The molecule has 11 nitrogen and oxygen atoms in total. The maximum absolute atomic E-state index is 14.1. The quantitative estimate of drug-likeness (QED) is 0.199. The fourth-order valence-corrected chi connectivity index (χ4v) is 5.14. The summed E-state index contributed by atoms with van der Waals surface area (Å²) in [6.07, 6.45) is -1.61. The SMILES string of the molecule is [C-]#[N+]c1ccc(-n2nccc2-c2c(C)n(-c3cccc(C(F)(F)F)c3)c(=O)n2C(=O)N[C@H](c2ncc(CN(C)C)o2)C(C)C)cc1. The Morgan fingerprint density at radius 1 is 1.11 bits per heavy atom. The largest absolute Gasteiger partial charge is 0.442 e. The molecule has 1 atom stereocenters. The van der Waals surface area contributed by atoms with Crippen LogP contribution < -0.4 is 11.0 Å². The van der Waals surface area contributed by atoms with Crippen molar-refractivity contribution in [3.63, 3.8) is 0 Å². The van der Waals surface area contributed by atoms with Gasteiger partial charge in [-0.15, -0.1) is 0 Å². The van der Waals surface area contributed by atoms with Crippen molar-refractivity contribution in [2.45, 2.75) is 39.5 Å². The van der Waals surface area contributed by atoms with E-state index in [2.05, 4.69) is 20.2 Å². The number of nitrogens with one attached hydrogen (secondary N) is 1. The molecule has 0 fully saturated rings. The fourth-order valence-electron chi connectivity index (χ4n) is 5.14. The number of hydrogen-bond donors (Lipinski definition) is 1. The first-order valence-electron chi connectivity index (χ1n) is 14.2. The molecule has 0 spiro atoms. The molecule has 0 unspecified atom stereocenters. The van der Waals surface area contributed by atoms with Crippen LogP contribution in [0.5, 0.6) is 0 Å². The van der Waals surface area contributed by atoms with Crippen LogP contribution in [0.1, 0.15) is 42.8 Å². The van der Waals surface area contributed by atoms with E-state index in [1.165, 1.54) is 23.0 Å². The van der Waals surface area contributed by atoms with E-state index >= 15 is 0 Å². The lowest BCUT2D eigenvalue weighted by molar-refractivity contribution is -0.137. The van der Waals surface area contributed by atoms with Gasteiger partial charge in [0.15, 0.2) is 5.69 Å². The van der Waals surface area contributed by atoms with Gasteiger partial charge in [0.2, 0.25) is 5.89 Å². The molecule has 238 valence electrons. The van der Waals surface area contributed by atoms with Crippen LogP contribution in [0.15, 0.2) is 76.2 Å². The van der Waals surface area contributed by atoms with Crippen molar-refractivity contribution in [3.8, 4) is 22.8 Å². The summed E-state index contributed by atoms with van der Waals surface area (Å²) < 4.78 is 50.3. The van der Waals surface area contributed by atoms with Crippen LogP contribution in [-0.4, -0.2) is 48.9 Å². The lowest BCUT2D eigenvalue weighted by Crippen LogP contribution is -2.40. The van der Waals surface area contributed by atoms with Gasteiger partial charge in [-0.1, -0.05) is 32.0 Å². The van der Waals surface area contributed by atoms with E-state index in [4.69, 9.17) is 11.0 Å². The first-order valence-corrected chi connectivity index (χ1v) is 14.2. The second-order valence-electron chi connectivity index (χ2n) is 11.3. The van der Waals surface area contributed by atoms with Gasteiger partial charge < -0.3 is 14.6 Å². The zero-order valence-electron chi connectivity index (χ0n) is 25.7. The van der Waals surface area contributed by atoms with E-state index in [1.54, 1.807) is 43.5 Å². The molecule has 0 saturated heterocycles. The summed E-state index contributed by atoms with van der Waals surface area (Å²) in [5, 5.41) is 7.24. The summed E-state index contributed by atoms with van der Waals surface area (Å²) in [7, 11) is 3.75. The number of rotatable bonds is 8.